The first kappa shape index (κ1) is 10.5. The summed E-state index contributed by atoms with van der Waals surface area (Å²) in [7, 11) is 0. The molecule has 1 N–H and O–H groups in total. The summed E-state index contributed by atoms with van der Waals surface area (Å²) in [6.07, 6.45) is 0.318. The maximum Gasteiger partial charge on any atom is 0.160 e. The SMILES string of the molecule is CC(CC#N)Nc1ccc(F)c(F)c1. The van der Waals surface area contributed by atoms with Gasteiger partial charge in [-0.25, -0.2) is 8.78 Å². The number of halogens is 2. The minimum atomic E-state index is -0.890. The van der Waals surface area contributed by atoms with Crippen LogP contribution in [-0.4, -0.2) is 6.04 Å². The smallest absolute Gasteiger partial charge is 0.160 e. The summed E-state index contributed by atoms with van der Waals surface area (Å²) in [5.74, 6) is -1.76. The molecule has 0 spiro atoms. The zero-order valence-electron chi connectivity index (χ0n) is 7.72. The predicted molar refractivity (Wildman–Crippen MR) is 49.7 cm³/mol. The van der Waals surface area contributed by atoms with Crippen molar-refractivity contribution in [3.8, 4) is 6.07 Å². The summed E-state index contributed by atoms with van der Waals surface area (Å²) in [4.78, 5) is 0. The number of nitrogens with one attached hydrogen (secondary N) is 1. The molecule has 0 aromatic heterocycles. The molecule has 0 heterocycles. The molecule has 0 aliphatic carbocycles. The molecular formula is C10H10F2N2. The van der Waals surface area contributed by atoms with Crippen LogP contribution in [-0.2, 0) is 0 Å². The summed E-state index contributed by atoms with van der Waals surface area (Å²) in [5, 5.41) is 11.3. The first-order chi connectivity index (χ1) is 6.63. The normalized spacial score (nSPS) is 11.9. The number of rotatable bonds is 3. The van der Waals surface area contributed by atoms with Crippen LogP contribution in [0.15, 0.2) is 18.2 Å². The Hall–Kier alpha value is -1.63. The van der Waals surface area contributed by atoms with Crippen LogP contribution in [0.5, 0.6) is 0 Å². The Kier molecular flexibility index (Phi) is 3.41. The molecular weight excluding hydrogens is 186 g/mol. The first-order valence-corrected chi connectivity index (χ1v) is 4.22. The quantitative estimate of drug-likeness (QED) is 0.806. The molecule has 74 valence electrons. The highest BCUT2D eigenvalue weighted by Gasteiger charge is 2.04. The van der Waals surface area contributed by atoms with Crippen LogP contribution < -0.4 is 5.32 Å². The molecule has 2 nitrogen and oxygen atoms in total. The zero-order valence-corrected chi connectivity index (χ0v) is 7.72. The second kappa shape index (κ2) is 4.56. The highest BCUT2D eigenvalue weighted by atomic mass is 19.2. The molecule has 14 heavy (non-hydrogen) atoms. The number of benzene rings is 1. The second-order valence-corrected chi connectivity index (χ2v) is 3.04. The van der Waals surface area contributed by atoms with E-state index in [0.717, 1.165) is 12.1 Å². The molecule has 0 saturated heterocycles. The summed E-state index contributed by atoms with van der Waals surface area (Å²) < 4.78 is 25.3. The number of anilines is 1. The van der Waals surface area contributed by atoms with Crippen molar-refractivity contribution in [3.05, 3.63) is 29.8 Å². The van der Waals surface area contributed by atoms with Crippen LogP contribution in [0.2, 0.25) is 0 Å². The molecule has 0 bridgehead atoms. The van der Waals surface area contributed by atoms with Crippen LogP contribution in [0.3, 0.4) is 0 Å². The van der Waals surface area contributed by atoms with E-state index in [9.17, 15) is 8.78 Å². The van der Waals surface area contributed by atoms with Gasteiger partial charge < -0.3 is 5.32 Å². The predicted octanol–water partition coefficient (Wildman–Crippen LogP) is 2.68. The number of hydrogen-bond acceptors (Lipinski definition) is 2. The van der Waals surface area contributed by atoms with E-state index in [0.29, 0.717) is 12.1 Å². The molecule has 1 aromatic rings. The third-order valence-electron chi connectivity index (χ3n) is 1.73. The molecule has 0 fully saturated rings. The van der Waals surface area contributed by atoms with E-state index in [1.165, 1.54) is 6.07 Å². The van der Waals surface area contributed by atoms with Crippen molar-refractivity contribution in [2.45, 2.75) is 19.4 Å². The fourth-order valence-electron chi connectivity index (χ4n) is 1.06. The minimum Gasteiger partial charge on any atom is -0.381 e. The van der Waals surface area contributed by atoms with Gasteiger partial charge in [0.05, 0.1) is 12.5 Å². The van der Waals surface area contributed by atoms with Crippen LogP contribution in [0.1, 0.15) is 13.3 Å². The second-order valence-electron chi connectivity index (χ2n) is 3.04. The number of nitrogens with zero attached hydrogens (tertiary/aromatic N) is 1. The van der Waals surface area contributed by atoms with Crippen molar-refractivity contribution < 1.29 is 8.78 Å². The lowest BCUT2D eigenvalue weighted by molar-refractivity contribution is 0.509. The Morgan fingerprint density at radius 2 is 2.14 bits per heavy atom. The summed E-state index contributed by atoms with van der Waals surface area (Å²) in [5.41, 5.74) is 0.478. The van der Waals surface area contributed by atoms with E-state index in [2.05, 4.69) is 5.32 Å². The fourth-order valence-corrected chi connectivity index (χ4v) is 1.06. The Labute approximate surface area is 81.2 Å². The largest absolute Gasteiger partial charge is 0.381 e. The lowest BCUT2D eigenvalue weighted by atomic mass is 10.2. The van der Waals surface area contributed by atoms with E-state index < -0.39 is 11.6 Å². The van der Waals surface area contributed by atoms with E-state index in [1.54, 1.807) is 6.92 Å². The van der Waals surface area contributed by atoms with E-state index >= 15 is 0 Å². The van der Waals surface area contributed by atoms with Crippen molar-refractivity contribution >= 4 is 5.69 Å². The molecule has 0 amide bonds. The lowest BCUT2D eigenvalue weighted by Crippen LogP contribution is -2.14. The molecule has 1 atom stereocenters. The highest BCUT2D eigenvalue weighted by Crippen LogP contribution is 2.14. The van der Waals surface area contributed by atoms with Crippen LogP contribution in [0.4, 0.5) is 14.5 Å². The summed E-state index contributed by atoms with van der Waals surface area (Å²) >= 11 is 0. The molecule has 0 radical (unpaired) electrons. The van der Waals surface area contributed by atoms with Gasteiger partial charge in [-0.1, -0.05) is 0 Å². The van der Waals surface area contributed by atoms with Crippen LogP contribution in [0.25, 0.3) is 0 Å². The topological polar surface area (TPSA) is 35.8 Å². The van der Waals surface area contributed by atoms with Gasteiger partial charge in [0.15, 0.2) is 11.6 Å². The van der Waals surface area contributed by atoms with E-state index in [-0.39, 0.29) is 6.04 Å². The summed E-state index contributed by atoms with van der Waals surface area (Å²) in [6.45, 7) is 1.80. The molecule has 4 heteroatoms. The van der Waals surface area contributed by atoms with Gasteiger partial charge in [0.25, 0.3) is 0 Å². The molecule has 1 unspecified atom stereocenters. The molecule has 0 saturated carbocycles. The van der Waals surface area contributed by atoms with E-state index in [4.69, 9.17) is 5.26 Å². The zero-order chi connectivity index (χ0) is 10.6. The average Bonchev–Trinajstić information content (AvgIpc) is 2.12. The third-order valence-corrected chi connectivity index (χ3v) is 1.73. The van der Waals surface area contributed by atoms with Crippen molar-refractivity contribution in [1.29, 1.82) is 5.26 Å². The maximum absolute atomic E-state index is 12.7. The summed E-state index contributed by atoms with van der Waals surface area (Å²) in [6, 6.07) is 5.47. The monoisotopic (exact) mass is 196 g/mol. The van der Waals surface area contributed by atoms with Crippen molar-refractivity contribution in [2.24, 2.45) is 0 Å². The standard InChI is InChI=1S/C10H10F2N2/c1-7(4-5-13)14-8-2-3-9(11)10(12)6-8/h2-3,6-7,14H,4H2,1H3. The lowest BCUT2D eigenvalue weighted by Gasteiger charge is -2.11. The van der Waals surface area contributed by atoms with Gasteiger partial charge in [0.2, 0.25) is 0 Å². The third kappa shape index (κ3) is 2.70. The Morgan fingerprint density at radius 1 is 1.43 bits per heavy atom. The van der Waals surface area contributed by atoms with Gasteiger partial charge in [-0.05, 0) is 19.1 Å². The Bertz CT molecular complexity index is 358. The molecule has 0 aliphatic heterocycles. The first-order valence-electron chi connectivity index (χ1n) is 4.22. The van der Waals surface area contributed by atoms with Gasteiger partial charge in [-0.3, -0.25) is 0 Å². The fraction of sp³-hybridized carbons (Fsp3) is 0.300. The highest BCUT2D eigenvalue weighted by molar-refractivity contribution is 5.44. The van der Waals surface area contributed by atoms with E-state index in [1.807, 2.05) is 6.07 Å². The Morgan fingerprint density at radius 3 is 2.71 bits per heavy atom. The number of hydrogen-bond donors (Lipinski definition) is 1. The van der Waals surface area contributed by atoms with Gasteiger partial charge in [0.1, 0.15) is 0 Å². The van der Waals surface area contributed by atoms with Crippen LogP contribution >= 0.6 is 0 Å². The maximum atomic E-state index is 12.7. The van der Waals surface area contributed by atoms with Gasteiger partial charge in [0, 0.05) is 17.8 Å². The van der Waals surface area contributed by atoms with Crippen molar-refractivity contribution in [3.63, 3.8) is 0 Å². The van der Waals surface area contributed by atoms with Gasteiger partial charge in [-0.15, -0.1) is 0 Å². The minimum absolute atomic E-state index is 0.0788. The van der Waals surface area contributed by atoms with Gasteiger partial charge in [-0.2, -0.15) is 5.26 Å². The van der Waals surface area contributed by atoms with Gasteiger partial charge >= 0.3 is 0 Å². The average molecular weight is 196 g/mol. The number of nitriles is 1. The van der Waals surface area contributed by atoms with Crippen molar-refractivity contribution in [2.75, 3.05) is 5.32 Å². The van der Waals surface area contributed by atoms with Crippen molar-refractivity contribution in [1.82, 2.24) is 0 Å². The molecule has 1 rings (SSSR count). The molecule has 0 aliphatic rings. The Balaban J connectivity index is 2.69. The molecule has 1 aromatic carbocycles. The van der Waals surface area contributed by atoms with Crippen LogP contribution in [0, 0.1) is 23.0 Å².